The maximum Gasteiger partial charge on any atom is 0.253 e. The monoisotopic (exact) mass is 428 g/mol. The maximum atomic E-state index is 12.7. The molecule has 0 aliphatic rings. The van der Waals surface area contributed by atoms with E-state index in [4.69, 9.17) is 21.4 Å². The maximum absolute atomic E-state index is 12.7. The molecule has 160 valence electrons. The van der Waals surface area contributed by atoms with Gasteiger partial charge in [0.1, 0.15) is 11.5 Å². The third-order valence-electron chi connectivity index (χ3n) is 4.76. The molecule has 8 heteroatoms. The van der Waals surface area contributed by atoms with Crippen LogP contribution >= 0.6 is 12.2 Å². The molecule has 0 spiro atoms. The molecule has 0 saturated heterocycles. The smallest absolute Gasteiger partial charge is 0.253 e. The van der Waals surface area contributed by atoms with Crippen LogP contribution in [0.5, 0.6) is 5.75 Å². The predicted molar refractivity (Wildman–Crippen MR) is 123 cm³/mol. The Kier molecular flexibility index (Phi) is 7.48. The minimum atomic E-state index is -0.132. The van der Waals surface area contributed by atoms with Crippen LogP contribution in [-0.2, 0) is 13.1 Å². The second-order valence-corrected chi connectivity index (χ2v) is 7.79. The second-order valence-electron chi connectivity index (χ2n) is 7.40. The number of aromatic nitrogens is 1. The van der Waals surface area contributed by atoms with Crippen molar-refractivity contribution < 1.29 is 9.15 Å². The van der Waals surface area contributed by atoms with Crippen LogP contribution in [0.15, 0.2) is 51.9 Å². The highest BCUT2D eigenvalue weighted by atomic mass is 32.1. The molecule has 1 aromatic carbocycles. The predicted octanol–water partition coefficient (Wildman–Crippen LogP) is 2.96. The van der Waals surface area contributed by atoms with Gasteiger partial charge in [0.25, 0.3) is 5.56 Å². The summed E-state index contributed by atoms with van der Waals surface area (Å²) in [5, 5.41) is 4.80. The summed E-state index contributed by atoms with van der Waals surface area (Å²) in [5.41, 5.74) is 1.26. The van der Waals surface area contributed by atoms with Crippen molar-refractivity contribution in [3.8, 4) is 5.75 Å². The van der Waals surface area contributed by atoms with Gasteiger partial charge in [0, 0.05) is 23.0 Å². The zero-order valence-electron chi connectivity index (χ0n) is 17.6. The highest BCUT2D eigenvalue weighted by molar-refractivity contribution is 7.80. The molecule has 2 N–H and O–H groups in total. The number of H-pyrrole nitrogens is 1. The third kappa shape index (κ3) is 5.84. The highest BCUT2D eigenvalue weighted by Crippen LogP contribution is 2.19. The fourth-order valence-electron chi connectivity index (χ4n) is 3.17. The Labute approximate surface area is 181 Å². The van der Waals surface area contributed by atoms with Gasteiger partial charge in [0.2, 0.25) is 0 Å². The largest absolute Gasteiger partial charge is 0.497 e. The Morgan fingerprint density at radius 1 is 1.23 bits per heavy atom. The summed E-state index contributed by atoms with van der Waals surface area (Å²) in [4.78, 5) is 19.7. The zero-order chi connectivity index (χ0) is 21.5. The average molecular weight is 429 g/mol. The normalized spacial score (nSPS) is 11.1. The lowest BCUT2D eigenvalue weighted by atomic mass is 10.1. The molecule has 0 bridgehead atoms. The summed E-state index contributed by atoms with van der Waals surface area (Å²) in [6.45, 7) is 2.57. The fraction of sp³-hybridized carbons (Fsp3) is 0.364. The Hall–Kier alpha value is -2.84. The van der Waals surface area contributed by atoms with Crippen molar-refractivity contribution in [3.63, 3.8) is 0 Å². The number of thiocarbonyl (C=S) groups is 1. The summed E-state index contributed by atoms with van der Waals surface area (Å²) in [6, 6.07) is 11.2. The molecule has 0 saturated carbocycles. The van der Waals surface area contributed by atoms with Crippen LogP contribution in [0.4, 0.5) is 0 Å². The molecule has 2 heterocycles. The van der Waals surface area contributed by atoms with Gasteiger partial charge >= 0.3 is 0 Å². The fourth-order valence-corrected chi connectivity index (χ4v) is 3.40. The molecule has 0 aliphatic carbocycles. The number of aromatic amines is 1. The number of furan rings is 1. The van der Waals surface area contributed by atoms with E-state index in [0.717, 1.165) is 41.9 Å². The number of nitrogens with one attached hydrogen (secondary N) is 2. The molecule has 7 nitrogen and oxygen atoms in total. The number of benzene rings is 1. The number of hydrogen-bond acceptors (Lipinski definition) is 5. The molecular weight excluding hydrogens is 400 g/mol. The van der Waals surface area contributed by atoms with Crippen LogP contribution in [0.25, 0.3) is 10.9 Å². The molecule has 0 fully saturated rings. The van der Waals surface area contributed by atoms with E-state index in [1.807, 2.05) is 55.4 Å². The lowest BCUT2D eigenvalue weighted by molar-refractivity contribution is 0.348. The van der Waals surface area contributed by atoms with Crippen molar-refractivity contribution in [2.45, 2.75) is 19.5 Å². The standard InChI is InChI=1S/C22H28N4O3S/c1-25(2)10-5-9-23-22(30)26(15-19-6-4-11-29-19)14-17-12-16-13-18(28-3)7-8-20(16)24-21(17)27/h4,6-8,11-13H,5,9-10,14-15H2,1-3H3,(H,23,30)(H,24,27). The van der Waals surface area contributed by atoms with Crippen LogP contribution in [0.2, 0.25) is 0 Å². The molecule has 0 atom stereocenters. The van der Waals surface area contributed by atoms with E-state index >= 15 is 0 Å². The van der Waals surface area contributed by atoms with Crippen molar-refractivity contribution >= 4 is 28.2 Å². The van der Waals surface area contributed by atoms with Crippen molar-refractivity contribution in [3.05, 3.63) is 64.3 Å². The molecule has 0 amide bonds. The van der Waals surface area contributed by atoms with E-state index in [1.54, 1.807) is 13.4 Å². The topological polar surface area (TPSA) is 73.7 Å². The lowest BCUT2D eigenvalue weighted by Gasteiger charge is -2.25. The van der Waals surface area contributed by atoms with E-state index in [9.17, 15) is 4.79 Å². The number of rotatable bonds is 9. The van der Waals surface area contributed by atoms with Gasteiger partial charge in [-0.25, -0.2) is 0 Å². The number of hydrogen-bond donors (Lipinski definition) is 2. The van der Waals surface area contributed by atoms with Gasteiger partial charge in [0.05, 0.1) is 26.5 Å². The Morgan fingerprint density at radius 3 is 2.77 bits per heavy atom. The van der Waals surface area contributed by atoms with Gasteiger partial charge in [-0.15, -0.1) is 0 Å². The van der Waals surface area contributed by atoms with Crippen LogP contribution in [0.3, 0.4) is 0 Å². The van der Waals surface area contributed by atoms with Gasteiger partial charge in [-0.2, -0.15) is 0 Å². The zero-order valence-corrected chi connectivity index (χ0v) is 18.4. The van der Waals surface area contributed by atoms with Gasteiger partial charge in [-0.1, -0.05) is 0 Å². The van der Waals surface area contributed by atoms with Crippen molar-refractivity contribution in [1.29, 1.82) is 0 Å². The Morgan fingerprint density at radius 2 is 2.07 bits per heavy atom. The van der Waals surface area contributed by atoms with E-state index in [2.05, 4.69) is 15.2 Å². The van der Waals surface area contributed by atoms with Gasteiger partial charge in [0.15, 0.2) is 5.11 Å². The molecule has 0 aliphatic heterocycles. The van der Waals surface area contributed by atoms with E-state index < -0.39 is 0 Å². The SMILES string of the molecule is COc1ccc2[nH]c(=O)c(CN(Cc3ccco3)C(=S)NCCCN(C)C)cc2c1. The minimum absolute atomic E-state index is 0.132. The number of methoxy groups -OCH3 is 1. The second kappa shape index (κ2) is 10.3. The van der Waals surface area contributed by atoms with Crippen LogP contribution in [0, 0.1) is 0 Å². The number of ether oxygens (including phenoxy) is 1. The summed E-state index contributed by atoms with van der Waals surface area (Å²) in [6.07, 6.45) is 2.61. The number of pyridine rings is 1. The Balaban J connectivity index is 1.80. The quantitative estimate of drug-likeness (QED) is 0.401. The molecule has 30 heavy (non-hydrogen) atoms. The Bertz CT molecular complexity index is 1030. The summed E-state index contributed by atoms with van der Waals surface area (Å²) in [5.74, 6) is 1.53. The van der Waals surface area contributed by atoms with Crippen molar-refractivity contribution in [2.75, 3.05) is 34.3 Å². The van der Waals surface area contributed by atoms with E-state index in [0.29, 0.717) is 23.8 Å². The van der Waals surface area contributed by atoms with Gasteiger partial charge in [-0.05, 0) is 75.7 Å². The first-order chi connectivity index (χ1) is 14.5. The van der Waals surface area contributed by atoms with Crippen LogP contribution in [0.1, 0.15) is 17.7 Å². The third-order valence-corrected chi connectivity index (χ3v) is 5.16. The molecular formula is C22H28N4O3S. The van der Waals surface area contributed by atoms with Gasteiger partial charge < -0.3 is 29.3 Å². The average Bonchev–Trinajstić information content (AvgIpc) is 3.23. The highest BCUT2D eigenvalue weighted by Gasteiger charge is 2.15. The minimum Gasteiger partial charge on any atom is -0.497 e. The van der Waals surface area contributed by atoms with Crippen molar-refractivity contribution in [2.24, 2.45) is 0 Å². The van der Waals surface area contributed by atoms with E-state index in [-0.39, 0.29) is 5.56 Å². The summed E-state index contributed by atoms with van der Waals surface area (Å²) >= 11 is 5.63. The first-order valence-corrected chi connectivity index (χ1v) is 10.3. The first kappa shape index (κ1) is 21.9. The number of fused-ring (bicyclic) bond motifs is 1. The molecule has 3 aromatic rings. The van der Waals surface area contributed by atoms with Crippen LogP contribution in [-0.4, -0.2) is 54.2 Å². The summed E-state index contributed by atoms with van der Waals surface area (Å²) < 4.78 is 10.8. The van der Waals surface area contributed by atoms with Crippen molar-refractivity contribution in [1.82, 2.24) is 20.1 Å². The lowest BCUT2D eigenvalue weighted by Crippen LogP contribution is -2.40. The van der Waals surface area contributed by atoms with E-state index in [1.165, 1.54) is 0 Å². The molecule has 3 rings (SSSR count). The molecule has 0 unspecified atom stereocenters. The van der Waals surface area contributed by atoms with Gasteiger partial charge in [-0.3, -0.25) is 4.79 Å². The summed E-state index contributed by atoms with van der Waals surface area (Å²) in [7, 11) is 5.71. The van der Waals surface area contributed by atoms with Crippen LogP contribution < -0.4 is 15.6 Å². The molecule has 2 aromatic heterocycles. The first-order valence-electron chi connectivity index (χ1n) is 9.86. The molecule has 0 radical (unpaired) electrons. The number of nitrogens with zero attached hydrogens (tertiary/aromatic N) is 2.